The number of anilines is 1. The number of aromatic nitrogens is 4. The highest BCUT2D eigenvalue weighted by Gasteiger charge is 2.46. The van der Waals surface area contributed by atoms with E-state index in [4.69, 9.17) is 5.73 Å². The van der Waals surface area contributed by atoms with Crippen molar-refractivity contribution >= 4 is 23.0 Å². The predicted molar refractivity (Wildman–Crippen MR) is 116 cm³/mol. The first-order valence-corrected chi connectivity index (χ1v) is 10.6. The van der Waals surface area contributed by atoms with E-state index in [0.717, 1.165) is 41.8 Å². The number of amides is 2. The lowest BCUT2D eigenvalue weighted by Gasteiger charge is -2.25. The number of nitrogens with one attached hydrogen (secondary N) is 1. The van der Waals surface area contributed by atoms with Crippen molar-refractivity contribution in [3.05, 3.63) is 36.4 Å². The van der Waals surface area contributed by atoms with E-state index in [0.29, 0.717) is 23.3 Å². The third kappa shape index (κ3) is 3.24. The molecule has 1 aliphatic heterocycles. The summed E-state index contributed by atoms with van der Waals surface area (Å²) in [5.74, 6) is 0.957. The van der Waals surface area contributed by atoms with Crippen LogP contribution < -0.4 is 11.1 Å². The highest BCUT2D eigenvalue weighted by atomic mass is 16.2. The normalized spacial score (nSPS) is 25.2. The van der Waals surface area contributed by atoms with Crippen molar-refractivity contribution in [1.82, 2.24) is 24.3 Å². The van der Waals surface area contributed by atoms with Crippen LogP contribution in [0.25, 0.3) is 16.6 Å². The van der Waals surface area contributed by atoms with E-state index in [1.165, 1.54) is 6.20 Å². The smallest absolute Gasteiger partial charge is 0.252 e. The highest BCUT2D eigenvalue weighted by Crippen LogP contribution is 2.44. The molecule has 5 rings (SSSR count). The second kappa shape index (κ2) is 7.11. The highest BCUT2D eigenvalue weighted by molar-refractivity contribution is 6.02. The molecule has 2 fully saturated rings. The zero-order valence-electron chi connectivity index (χ0n) is 17.9. The van der Waals surface area contributed by atoms with Crippen LogP contribution in [0, 0.1) is 17.8 Å². The van der Waals surface area contributed by atoms with Gasteiger partial charge in [0, 0.05) is 56.6 Å². The van der Waals surface area contributed by atoms with Crippen LogP contribution in [0.1, 0.15) is 30.6 Å². The summed E-state index contributed by atoms with van der Waals surface area (Å²) in [5, 5.41) is 12.3. The van der Waals surface area contributed by atoms with Crippen molar-refractivity contribution in [3.63, 3.8) is 0 Å². The summed E-state index contributed by atoms with van der Waals surface area (Å²) in [6.07, 6.45) is 8.16. The number of aryl methyl sites for hydroxylation is 1. The molecule has 9 nitrogen and oxygen atoms in total. The molecule has 31 heavy (non-hydrogen) atoms. The van der Waals surface area contributed by atoms with Gasteiger partial charge in [0.1, 0.15) is 0 Å². The molecule has 0 unspecified atom stereocenters. The molecule has 9 heteroatoms. The van der Waals surface area contributed by atoms with E-state index in [9.17, 15) is 9.59 Å². The SMILES string of the molecule is CC(=O)N1C[C@H]2C[C@@H](Nc3c(C(N)=O)cnn4cc(-c5cnn(C)c5)cc34)[C@@H](C)[C@@H]2C1. The quantitative estimate of drug-likeness (QED) is 0.667. The zero-order chi connectivity index (χ0) is 21.9. The van der Waals surface area contributed by atoms with Crippen molar-refractivity contribution < 1.29 is 9.59 Å². The molecule has 0 spiro atoms. The summed E-state index contributed by atoms with van der Waals surface area (Å²) in [5.41, 5.74) is 9.56. The average molecular weight is 422 g/mol. The second-order valence-electron chi connectivity index (χ2n) is 8.95. The largest absolute Gasteiger partial charge is 0.380 e. The van der Waals surface area contributed by atoms with Gasteiger partial charge >= 0.3 is 0 Å². The molecule has 1 saturated heterocycles. The van der Waals surface area contributed by atoms with Gasteiger partial charge in [-0.25, -0.2) is 4.52 Å². The number of carbonyl (C=O) groups excluding carboxylic acids is 2. The Morgan fingerprint density at radius 3 is 2.61 bits per heavy atom. The Kier molecular flexibility index (Phi) is 4.49. The Morgan fingerprint density at radius 2 is 1.97 bits per heavy atom. The van der Waals surface area contributed by atoms with Gasteiger partial charge in [0.15, 0.2) is 0 Å². The van der Waals surface area contributed by atoms with E-state index in [-0.39, 0.29) is 11.9 Å². The summed E-state index contributed by atoms with van der Waals surface area (Å²) in [6.45, 7) is 5.49. The van der Waals surface area contributed by atoms with Crippen LogP contribution >= 0.6 is 0 Å². The molecular formula is C22H27N7O2. The molecule has 2 aliphatic rings. The van der Waals surface area contributed by atoms with Gasteiger partial charge < -0.3 is 16.0 Å². The van der Waals surface area contributed by atoms with Crippen LogP contribution in [0.5, 0.6) is 0 Å². The first-order valence-electron chi connectivity index (χ1n) is 10.6. The molecule has 0 radical (unpaired) electrons. The first-order chi connectivity index (χ1) is 14.8. The Labute approximate surface area is 180 Å². The Bertz CT molecular complexity index is 1180. The number of primary amides is 1. The van der Waals surface area contributed by atoms with Gasteiger partial charge in [0.2, 0.25) is 5.91 Å². The molecule has 1 saturated carbocycles. The molecule has 1 aliphatic carbocycles. The maximum atomic E-state index is 12.2. The molecule has 3 aromatic rings. The number of hydrogen-bond acceptors (Lipinski definition) is 5. The van der Waals surface area contributed by atoms with E-state index >= 15 is 0 Å². The predicted octanol–water partition coefficient (Wildman–Crippen LogP) is 1.75. The summed E-state index contributed by atoms with van der Waals surface area (Å²) in [7, 11) is 1.88. The van der Waals surface area contributed by atoms with Gasteiger partial charge in [0.05, 0.1) is 29.2 Å². The van der Waals surface area contributed by atoms with E-state index in [2.05, 4.69) is 22.4 Å². The van der Waals surface area contributed by atoms with Gasteiger partial charge in [-0.3, -0.25) is 14.3 Å². The monoisotopic (exact) mass is 421 g/mol. The van der Waals surface area contributed by atoms with Crippen molar-refractivity contribution in [2.45, 2.75) is 26.3 Å². The molecule has 0 bridgehead atoms. The lowest BCUT2D eigenvalue weighted by Crippen LogP contribution is -2.33. The summed E-state index contributed by atoms with van der Waals surface area (Å²) in [4.78, 5) is 25.9. The molecule has 4 atom stereocenters. The van der Waals surface area contributed by atoms with Crippen LogP contribution in [-0.2, 0) is 11.8 Å². The first kappa shape index (κ1) is 19.6. The van der Waals surface area contributed by atoms with Gasteiger partial charge in [0.25, 0.3) is 5.91 Å². The molecule has 0 aromatic carbocycles. The fourth-order valence-electron chi connectivity index (χ4n) is 5.34. The Hall–Kier alpha value is -3.36. The van der Waals surface area contributed by atoms with Gasteiger partial charge in [-0.1, -0.05) is 6.92 Å². The molecule has 2 amide bonds. The van der Waals surface area contributed by atoms with E-state index < -0.39 is 5.91 Å². The molecular weight excluding hydrogens is 394 g/mol. The maximum absolute atomic E-state index is 12.2. The fourth-order valence-corrected chi connectivity index (χ4v) is 5.34. The lowest BCUT2D eigenvalue weighted by atomic mass is 9.93. The number of carbonyl (C=O) groups is 2. The number of likely N-dealkylation sites (tertiary alicyclic amines) is 1. The van der Waals surface area contributed by atoms with Crippen LogP contribution in [0.3, 0.4) is 0 Å². The number of nitrogens with two attached hydrogens (primary N) is 1. The van der Waals surface area contributed by atoms with Crippen molar-refractivity contribution in [2.75, 3.05) is 18.4 Å². The Morgan fingerprint density at radius 1 is 1.16 bits per heavy atom. The summed E-state index contributed by atoms with van der Waals surface area (Å²) < 4.78 is 3.53. The fraction of sp³-hybridized carbons (Fsp3) is 0.455. The zero-order valence-corrected chi connectivity index (χ0v) is 17.9. The number of hydrogen-bond donors (Lipinski definition) is 2. The maximum Gasteiger partial charge on any atom is 0.252 e. The van der Waals surface area contributed by atoms with Crippen LogP contribution in [0.2, 0.25) is 0 Å². The number of fused-ring (bicyclic) bond motifs is 2. The van der Waals surface area contributed by atoms with Crippen molar-refractivity contribution in [1.29, 1.82) is 0 Å². The molecule has 3 aromatic heterocycles. The van der Waals surface area contributed by atoms with Gasteiger partial charge in [-0.15, -0.1) is 0 Å². The van der Waals surface area contributed by atoms with Crippen molar-refractivity contribution in [3.8, 4) is 11.1 Å². The second-order valence-corrected chi connectivity index (χ2v) is 8.95. The minimum atomic E-state index is -0.504. The Balaban J connectivity index is 1.49. The van der Waals surface area contributed by atoms with Crippen LogP contribution in [0.4, 0.5) is 5.69 Å². The third-order valence-electron chi connectivity index (χ3n) is 7.07. The average Bonchev–Trinajstić information content (AvgIpc) is 3.47. The summed E-state index contributed by atoms with van der Waals surface area (Å²) >= 11 is 0. The topological polar surface area (TPSA) is 111 Å². The van der Waals surface area contributed by atoms with Crippen LogP contribution in [0.15, 0.2) is 30.9 Å². The van der Waals surface area contributed by atoms with E-state index in [1.807, 2.05) is 30.4 Å². The van der Waals surface area contributed by atoms with Crippen LogP contribution in [-0.4, -0.2) is 55.2 Å². The standard InChI is InChI=1S/C22H27N7O2/c1-12-18-11-28(13(2)30)9-15(18)4-19(12)26-21-17(22(23)31)7-25-29-10-14(5-20(21)29)16-6-24-27(3)8-16/h5-8,10,12,15,18-19,26H,4,9,11H2,1-3H3,(H2,23,31)/t12-,15+,18-,19+/m0/s1. The van der Waals surface area contributed by atoms with Crippen molar-refractivity contribution in [2.24, 2.45) is 30.5 Å². The molecule has 162 valence electrons. The lowest BCUT2D eigenvalue weighted by molar-refractivity contribution is -0.128. The molecule has 4 heterocycles. The minimum Gasteiger partial charge on any atom is -0.380 e. The van der Waals surface area contributed by atoms with E-state index in [1.54, 1.807) is 22.3 Å². The van der Waals surface area contributed by atoms with Gasteiger partial charge in [-0.2, -0.15) is 10.2 Å². The number of nitrogens with zero attached hydrogens (tertiary/aromatic N) is 5. The number of rotatable bonds is 4. The minimum absolute atomic E-state index is 0.147. The molecule has 3 N–H and O–H groups in total. The third-order valence-corrected chi connectivity index (χ3v) is 7.07. The summed E-state index contributed by atoms with van der Waals surface area (Å²) in [6, 6.07) is 2.21. The van der Waals surface area contributed by atoms with Gasteiger partial charge in [-0.05, 0) is 30.2 Å².